The van der Waals surface area contributed by atoms with Gasteiger partial charge in [0.2, 0.25) is 0 Å². The van der Waals surface area contributed by atoms with E-state index in [0.717, 1.165) is 35.9 Å². The third-order valence-corrected chi connectivity index (χ3v) is 7.41. The first-order valence-electron chi connectivity index (χ1n) is 10.7. The zero-order valence-electron chi connectivity index (χ0n) is 17.0. The minimum Gasteiger partial charge on any atom is -0.506 e. The van der Waals surface area contributed by atoms with E-state index in [0.29, 0.717) is 11.8 Å². The molecule has 2 bridgehead atoms. The van der Waals surface area contributed by atoms with E-state index in [1.165, 1.54) is 43.2 Å². The van der Waals surface area contributed by atoms with Gasteiger partial charge in [-0.3, -0.25) is 0 Å². The highest BCUT2D eigenvalue weighted by atomic mass is 16.3. The number of nitrogens with zero attached hydrogens (tertiary/aromatic N) is 1. The molecule has 1 aliphatic heterocycles. The van der Waals surface area contributed by atoms with Crippen LogP contribution in [0.25, 0.3) is 0 Å². The zero-order chi connectivity index (χ0) is 19.3. The molecule has 5 rings (SSSR count). The van der Waals surface area contributed by atoms with E-state index in [4.69, 9.17) is 0 Å². The number of piperidine rings is 1. The zero-order valence-corrected chi connectivity index (χ0v) is 17.0. The van der Waals surface area contributed by atoms with E-state index in [1.807, 2.05) is 26.2 Å². The van der Waals surface area contributed by atoms with Crippen LogP contribution in [0.5, 0.6) is 5.75 Å². The molecule has 2 aliphatic carbocycles. The summed E-state index contributed by atoms with van der Waals surface area (Å²) in [6, 6.07) is 13.1. The molecule has 148 valence electrons. The number of anilines is 3. The van der Waals surface area contributed by atoms with Gasteiger partial charge in [-0.2, -0.15) is 0 Å². The first kappa shape index (κ1) is 17.9. The van der Waals surface area contributed by atoms with Crippen LogP contribution in [-0.2, 0) is 11.8 Å². The second-order valence-corrected chi connectivity index (χ2v) is 9.09. The van der Waals surface area contributed by atoms with Crippen LogP contribution in [0.4, 0.5) is 17.1 Å². The van der Waals surface area contributed by atoms with Crippen LogP contribution in [0.15, 0.2) is 36.4 Å². The molecular formula is C24H31N3O. The second kappa shape index (κ2) is 6.70. The second-order valence-electron chi connectivity index (χ2n) is 9.09. The van der Waals surface area contributed by atoms with Crippen molar-refractivity contribution in [1.29, 1.82) is 0 Å². The third kappa shape index (κ3) is 2.69. The van der Waals surface area contributed by atoms with Gasteiger partial charge in [0, 0.05) is 25.6 Å². The summed E-state index contributed by atoms with van der Waals surface area (Å²) < 4.78 is 0. The molecule has 3 atom stereocenters. The summed E-state index contributed by atoms with van der Waals surface area (Å²) in [6.45, 7) is 1.11. The number of phenols is 1. The molecule has 0 amide bonds. The van der Waals surface area contributed by atoms with Gasteiger partial charge in [-0.1, -0.05) is 25.0 Å². The Morgan fingerprint density at radius 2 is 1.96 bits per heavy atom. The highest BCUT2D eigenvalue weighted by Crippen LogP contribution is 2.55. The number of para-hydroxylation sites is 2. The average molecular weight is 378 g/mol. The van der Waals surface area contributed by atoms with E-state index < -0.39 is 0 Å². The van der Waals surface area contributed by atoms with E-state index >= 15 is 0 Å². The minimum atomic E-state index is 0.277. The summed E-state index contributed by atoms with van der Waals surface area (Å²) in [5.74, 6) is 1.11. The molecule has 2 fully saturated rings. The van der Waals surface area contributed by atoms with Gasteiger partial charge in [-0.15, -0.1) is 0 Å². The Labute approximate surface area is 168 Å². The summed E-state index contributed by atoms with van der Waals surface area (Å²) in [7, 11) is 4.09. The maximum absolute atomic E-state index is 10.9. The van der Waals surface area contributed by atoms with Crippen molar-refractivity contribution >= 4 is 17.1 Å². The fraction of sp³-hybridized carbons (Fsp3) is 0.500. The molecule has 4 heteroatoms. The van der Waals surface area contributed by atoms with E-state index in [-0.39, 0.29) is 5.41 Å². The molecule has 4 nitrogen and oxygen atoms in total. The van der Waals surface area contributed by atoms with Crippen molar-refractivity contribution in [3.63, 3.8) is 0 Å². The lowest BCUT2D eigenvalue weighted by atomic mass is 9.53. The van der Waals surface area contributed by atoms with Gasteiger partial charge in [-0.05, 0) is 73.5 Å². The summed E-state index contributed by atoms with van der Waals surface area (Å²) in [6.07, 6.45) is 7.56. The first-order valence-corrected chi connectivity index (χ1v) is 10.7. The molecule has 0 spiro atoms. The first-order chi connectivity index (χ1) is 13.6. The molecule has 0 radical (unpaired) electrons. The molecule has 0 unspecified atom stereocenters. The Bertz CT molecular complexity index is 889. The Morgan fingerprint density at radius 1 is 1.11 bits per heavy atom. The third-order valence-electron chi connectivity index (χ3n) is 7.41. The van der Waals surface area contributed by atoms with Crippen LogP contribution in [0.1, 0.15) is 43.2 Å². The van der Waals surface area contributed by atoms with Gasteiger partial charge in [0.05, 0.1) is 17.1 Å². The molecule has 2 aromatic carbocycles. The van der Waals surface area contributed by atoms with Crippen LogP contribution in [0.3, 0.4) is 0 Å². The molecule has 1 saturated heterocycles. The minimum absolute atomic E-state index is 0.277. The molecule has 2 aromatic rings. The number of hydrogen-bond donors (Lipinski definition) is 3. The highest BCUT2D eigenvalue weighted by Gasteiger charge is 2.51. The Balaban J connectivity index is 1.56. The number of phenolic OH excluding ortho intramolecular Hbond substituents is 1. The van der Waals surface area contributed by atoms with E-state index in [9.17, 15) is 5.11 Å². The Hall–Kier alpha value is -2.20. The van der Waals surface area contributed by atoms with Crippen molar-refractivity contribution in [2.45, 2.75) is 50.0 Å². The molecule has 1 heterocycles. The number of benzene rings is 2. The Kier molecular flexibility index (Phi) is 4.27. The number of hydrogen-bond acceptors (Lipinski definition) is 4. The van der Waals surface area contributed by atoms with Crippen molar-refractivity contribution in [2.75, 3.05) is 30.9 Å². The molecule has 3 aliphatic rings. The smallest absolute Gasteiger partial charge is 0.139 e. The maximum atomic E-state index is 10.9. The highest BCUT2D eigenvalue weighted by molar-refractivity contribution is 5.78. The molecular weight excluding hydrogens is 346 g/mol. The normalized spacial score (nSPS) is 28.2. The van der Waals surface area contributed by atoms with Crippen LogP contribution in [-0.4, -0.2) is 31.8 Å². The number of rotatable bonds is 3. The topological polar surface area (TPSA) is 47.5 Å². The summed E-state index contributed by atoms with van der Waals surface area (Å²) in [5, 5.41) is 18.2. The quantitative estimate of drug-likeness (QED) is 0.687. The van der Waals surface area contributed by atoms with Crippen molar-refractivity contribution < 1.29 is 5.11 Å². The van der Waals surface area contributed by atoms with Crippen molar-refractivity contribution in [3.8, 4) is 5.75 Å². The molecule has 28 heavy (non-hydrogen) atoms. The van der Waals surface area contributed by atoms with Gasteiger partial charge in [0.1, 0.15) is 5.75 Å². The molecule has 3 N–H and O–H groups in total. The van der Waals surface area contributed by atoms with Gasteiger partial charge in [0.25, 0.3) is 0 Å². The Morgan fingerprint density at radius 3 is 2.82 bits per heavy atom. The van der Waals surface area contributed by atoms with Crippen LogP contribution < -0.4 is 15.5 Å². The standard InChI is InChI=1S/C24H31N3O/c1-27(2)22-9-4-3-8-19(22)26-21-14-16-13-20-17-7-5-6-10-24(17,11-12-25-20)18(16)15-23(21)28/h3-4,8-9,14-15,17,20,25-26,28H,5-7,10-13H2,1-2H3/t17-,20+,24+/m0/s1. The van der Waals surface area contributed by atoms with Gasteiger partial charge >= 0.3 is 0 Å². The summed E-state index contributed by atoms with van der Waals surface area (Å²) in [4.78, 5) is 2.09. The number of fused-ring (bicyclic) bond motifs is 1. The average Bonchev–Trinajstić information content (AvgIpc) is 2.70. The lowest BCUT2D eigenvalue weighted by Gasteiger charge is -2.56. The summed E-state index contributed by atoms with van der Waals surface area (Å²) >= 11 is 0. The molecule has 1 saturated carbocycles. The van der Waals surface area contributed by atoms with Gasteiger partial charge < -0.3 is 20.6 Å². The predicted octanol–water partition coefficient (Wildman–Crippen LogP) is 4.55. The predicted molar refractivity (Wildman–Crippen MR) is 116 cm³/mol. The van der Waals surface area contributed by atoms with E-state index in [1.54, 1.807) is 0 Å². The van der Waals surface area contributed by atoms with Crippen molar-refractivity contribution in [1.82, 2.24) is 5.32 Å². The largest absolute Gasteiger partial charge is 0.506 e. The van der Waals surface area contributed by atoms with Crippen LogP contribution in [0, 0.1) is 5.92 Å². The van der Waals surface area contributed by atoms with Crippen molar-refractivity contribution in [2.24, 2.45) is 5.92 Å². The SMILES string of the molecule is CN(C)c1ccccc1Nc1cc2c(cc1O)[C@@]13CCCC[C@H]1[C@@H](C2)NCC3. The number of nitrogens with one attached hydrogen (secondary N) is 2. The lowest BCUT2D eigenvalue weighted by Crippen LogP contribution is -2.59. The fourth-order valence-electron chi connectivity index (χ4n) is 6.19. The summed E-state index contributed by atoms with van der Waals surface area (Å²) in [5.41, 5.74) is 6.07. The lowest BCUT2D eigenvalue weighted by molar-refractivity contribution is 0.0796. The van der Waals surface area contributed by atoms with Crippen LogP contribution >= 0.6 is 0 Å². The molecule has 0 aromatic heterocycles. The number of aromatic hydroxyl groups is 1. The van der Waals surface area contributed by atoms with Gasteiger partial charge in [0.15, 0.2) is 0 Å². The monoisotopic (exact) mass is 377 g/mol. The van der Waals surface area contributed by atoms with Gasteiger partial charge in [-0.25, -0.2) is 0 Å². The fourth-order valence-corrected chi connectivity index (χ4v) is 6.19. The van der Waals surface area contributed by atoms with Crippen LogP contribution in [0.2, 0.25) is 0 Å². The van der Waals surface area contributed by atoms with Crippen molar-refractivity contribution in [3.05, 3.63) is 47.5 Å². The maximum Gasteiger partial charge on any atom is 0.139 e. The van der Waals surface area contributed by atoms with E-state index in [2.05, 4.69) is 39.8 Å².